The van der Waals surface area contributed by atoms with Crippen molar-refractivity contribution in [3.63, 3.8) is 0 Å². The molecular formula is C25H23N5OS. The van der Waals surface area contributed by atoms with Gasteiger partial charge in [0.1, 0.15) is 11.6 Å². The van der Waals surface area contributed by atoms with E-state index in [9.17, 15) is 10.1 Å². The van der Waals surface area contributed by atoms with Crippen molar-refractivity contribution in [2.75, 3.05) is 7.05 Å². The minimum atomic E-state index is -0.835. The second kappa shape index (κ2) is 7.57. The van der Waals surface area contributed by atoms with Crippen LogP contribution in [0.5, 0.6) is 0 Å². The van der Waals surface area contributed by atoms with Crippen molar-refractivity contribution < 1.29 is 4.79 Å². The van der Waals surface area contributed by atoms with Crippen molar-refractivity contribution in [2.24, 2.45) is 10.7 Å². The summed E-state index contributed by atoms with van der Waals surface area (Å²) in [5.41, 5.74) is 9.91. The number of pyridine rings is 1. The van der Waals surface area contributed by atoms with Crippen molar-refractivity contribution in [1.29, 1.82) is 5.26 Å². The Labute approximate surface area is 191 Å². The highest BCUT2D eigenvalue weighted by molar-refractivity contribution is 7.10. The minimum absolute atomic E-state index is 0.0673. The van der Waals surface area contributed by atoms with Crippen LogP contribution in [-0.2, 0) is 10.3 Å². The maximum atomic E-state index is 13.4. The van der Waals surface area contributed by atoms with Crippen LogP contribution in [0.3, 0.4) is 0 Å². The second-order valence-electron chi connectivity index (χ2n) is 8.66. The van der Waals surface area contributed by atoms with Crippen LogP contribution in [0.2, 0.25) is 0 Å². The maximum absolute atomic E-state index is 13.4. The monoisotopic (exact) mass is 441 g/mol. The van der Waals surface area contributed by atoms with Gasteiger partial charge in [-0.15, -0.1) is 11.3 Å². The Morgan fingerprint density at radius 2 is 1.88 bits per heavy atom. The third kappa shape index (κ3) is 3.37. The third-order valence-corrected chi connectivity index (χ3v) is 7.60. The molecule has 1 fully saturated rings. The van der Waals surface area contributed by atoms with Gasteiger partial charge in [0, 0.05) is 29.9 Å². The number of nitriles is 1. The SMILES string of the molecule is CN1C(=O)[C@@H](c2ccc(C3CC3)cc2)[C@@](C)(c2cc(-c3cncc(C#N)c3)cs2)N=C1N. The van der Waals surface area contributed by atoms with Gasteiger partial charge in [0.05, 0.1) is 11.5 Å². The molecule has 0 saturated heterocycles. The zero-order valence-corrected chi connectivity index (χ0v) is 18.8. The summed E-state index contributed by atoms with van der Waals surface area (Å²) in [4.78, 5) is 24.8. The quantitative estimate of drug-likeness (QED) is 0.651. The van der Waals surface area contributed by atoms with E-state index in [1.165, 1.54) is 23.3 Å². The third-order valence-electron chi connectivity index (χ3n) is 6.45. The average molecular weight is 442 g/mol. The second-order valence-corrected chi connectivity index (χ2v) is 9.57. The predicted octanol–water partition coefficient (Wildman–Crippen LogP) is 4.34. The number of hydrogen-bond acceptors (Lipinski definition) is 6. The summed E-state index contributed by atoms with van der Waals surface area (Å²) in [7, 11) is 1.67. The summed E-state index contributed by atoms with van der Waals surface area (Å²) in [5, 5.41) is 11.2. The fraction of sp³-hybridized carbons (Fsp3) is 0.280. The molecule has 1 aromatic carbocycles. The first-order chi connectivity index (χ1) is 15.4. The maximum Gasteiger partial charge on any atom is 0.239 e. The summed E-state index contributed by atoms with van der Waals surface area (Å²) in [6, 6.07) is 14.4. The molecule has 6 nitrogen and oxygen atoms in total. The lowest BCUT2D eigenvalue weighted by atomic mass is 9.77. The number of hydrogen-bond donors (Lipinski definition) is 1. The Bertz CT molecular complexity index is 1270. The molecule has 2 atom stereocenters. The largest absolute Gasteiger partial charge is 0.369 e. The minimum Gasteiger partial charge on any atom is -0.369 e. The molecule has 2 N–H and O–H groups in total. The van der Waals surface area contributed by atoms with Gasteiger partial charge in [-0.2, -0.15) is 5.26 Å². The molecule has 3 heterocycles. The van der Waals surface area contributed by atoms with Gasteiger partial charge < -0.3 is 5.73 Å². The van der Waals surface area contributed by atoms with Gasteiger partial charge in [0.2, 0.25) is 5.91 Å². The van der Waals surface area contributed by atoms with Crippen molar-refractivity contribution >= 4 is 23.2 Å². The molecule has 160 valence electrons. The molecule has 1 aliphatic heterocycles. The van der Waals surface area contributed by atoms with Crippen LogP contribution < -0.4 is 5.73 Å². The van der Waals surface area contributed by atoms with E-state index in [1.807, 2.05) is 24.4 Å². The van der Waals surface area contributed by atoms with Gasteiger partial charge in [0.25, 0.3) is 0 Å². The van der Waals surface area contributed by atoms with E-state index in [0.717, 1.165) is 21.6 Å². The van der Waals surface area contributed by atoms with Gasteiger partial charge in [-0.05, 0) is 59.9 Å². The van der Waals surface area contributed by atoms with Crippen LogP contribution in [0.25, 0.3) is 11.1 Å². The van der Waals surface area contributed by atoms with Crippen LogP contribution in [-0.4, -0.2) is 28.8 Å². The van der Waals surface area contributed by atoms with Crippen molar-refractivity contribution in [3.8, 4) is 17.2 Å². The highest BCUT2D eigenvalue weighted by Gasteiger charge is 2.48. The number of thiophene rings is 1. The van der Waals surface area contributed by atoms with Gasteiger partial charge in [-0.1, -0.05) is 24.3 Å². The van der Waals surface area contributed by atoms with Crippen LogP contribution in [0, 0.1) is 11.3 Å². The molecule has 3 aromatic rings. The summed E-state index contributed by atoms with van der Waals surface area (Å²) in [6.45, 7) is 1.98. The Balaban J connectivity index is 1.58. The number of amides is 1. The van der Waals surface area contributed by atoms with Crippen LogP contribution >= 0.6 is 11.3 Å². The number of likely N-dealkylation sites (N-methyl/N-ethyl adjacent to an activating group) is 1. The number of aliphatic imine (C=N–C) groups is 1. The normalized spacial score (nSPS) is 23.0. The standard InChI is InChI=1S/C25H23N5OS/c1-25(21-10-20(14-32-21)19-9-15(11-26)12-28-13-19)22(23(31)30(2)24(27)29-25)18-7-5-17(6-8-18)16-3-4-16/h5-10,12-14,16,22H,3-4H2,1-2H3,(H2,27,29)/t22-,25-/m1/s1. The van der Waals surface area contributed by atoms with E-state index in [2.05, 4.69) is 35.3 Å². The molecule has 1 amide bonds. The highest BCUT2D eigenvalue weighted by Crippen LogP contribution is 2.47. The van der Waals surface area contributed by atoms with Crippen molar-refractivity contribution in [1.82, 2.24) is 9.88 Å². The number of guanidine groups is 1. The number of aromatic nitrogens is 1. The number of nitrogens with two attached hydrogens (primary N) is 1. The molecule has 32 heavy (non-hydrogen) atoms. The topological polar surface area (TPSA) is 95.4 Å². The molecule has 1 saturated carbocycles. The van der Waals surface area contributed by atoms with E-state index in [1.54, 1.807) is 30.8 Å². The molecule has 7 heteroatoms. The molecule has 2 aromatic heterocycles. The zero-order chi connectivity index (χ0) is 22.5. The van der Waals surface area contributed by atoms with Crippen LogP contribution in [0.1, 0.15) is 53.2 Å². The summed E-state index contributed by atoms with van der Waals surface area (Å²) < 4.78 is 0. The Hall–Kier alpha value is -3.50. The van der Waals surface area contributed by atoms with Crippen LogP contribution in [0.4, 0.5) is 0 Å². The smallest absolute Gasteiger partial charge is 0.239 e. The fourth-order valence-electron chi connectivity index (χ4n) is 4.38. The number of rotatable bonds is 4. The lowest BCUT2D eigenvalue weighted by Gasteiger charge is -2.40. The molecule has 5 rings (SSSR count). The van der Waals surface area contributed by atoms with Crippen LogP contribution in [0.15, 0.2) is 59.2 Å². The average Bonchev–Trinajstić information content (AvgIpc) is 3.53. The van der Waals surface area contributed by atoms with E-state index < -0.39 is 11.5 Å². The highest BCUT2D eigenvalue weighted by atomic mass is 32.1. The number of carbonyl (C=O) groups excluding carboxylic acids is 1. The Morgan fingerprint density at radius 3 is 2.56 bits per heavy atom. The first kappa shape index (κ1) is 20.4. The number of nitrogens with zero attached hydrogens (tertiary/aromatic N) is 4. The Kier molecular flexibility index (Phi) is 4.83. The molecule has 0 radical (unpaired) electrons. The Morgan fingerprint density at radius 1 is 1.16 bits per heavy atom. The lowest BCUT2D eigenvalue weighted by Crippen LogP contribution is -2.52. The summed E-state index contributed by atoms with van der Waals surface area (Å²) >= 11 is 1.54. The molecule has 1 aliphatic carbocycles. The number of carbonyl (C=O) groups is 1. The molecule has 0 bridgehead atoms. The van der Waals surface area contributed by atoms with Crippen molar-refractivity contribution in [2.45, 2.75) is 37.1 Å². The number of benzene rings is 1. The fourth-order valence-corrected chi connectivity index (χ4v) is 5.43. The molecular weight excluding hydrogens is 418 g/mol. The van der Waals surface area contributed by atoms with E-state index >= 15 is 0 Å². The van der Waals surface area contributed by atoms with Gasteiger partial charge >= 0.3 is 0 Å². The van der Waals surface area contributed by atoms with E-state index in [0.29, 0.717) is 11.5 Å². The summed E-state index contributed by atoms with van der Waals surface area (Å²) in [6.07, 6.45) is 5.76. The first-order valence-electron chi connectivity index (χ1n) is 10.6. The van der Waals surface area contributed by atoms with Crippen molar-refractivity contribution in [3.05, 3.63) is 75.7 Å². The summed E-state index contributed by atoms with van der Waals surface area (Å²) in [5.74, 6) is 0.323. The molecule has 2 aliphatic rings. The van der Waals surface area contributed by atoms with E-state index in [4.69, 9.17) is 10.7 Å². The molecule has 0 spiro atoms. The zero-order valence-electron chi connectivity index (χ0n) is 17.9. The molecule has 0 unspecified atom stereocenters. The van der Waals surface area contributed by atoms with E-state index in [-0.39, 0.29) is 11.9 Å². The first-order valence-corrected chi connectivity index (χ1v) is 11.5. The lowest BCUT2D eigenvalue weighted by molar-refractivity contribution is -0.130. The van der Waals surface area contributed by atoms with Gasteiger partial charge in [-0.3, -0.25) is 14.7 Å². The van der Waals surface area contributed by atoms with Gasteiger partial charge in [0.15, 0.2) is 5.96 Å². The predicted molar refractivity (Wildman–Crippen MR) is 125 cm³/mol. The van der Waals surface area contributed by atoms with Gasteiger partial charge in [-0.25, -0.2) is 4.99 Å².